The number of pyridine rings is 1. The largest absolute Gasteiger partial charge is 0.495 e. The van der Waals surface area contributed by atoms with Crippen LogP contribution in [-0.4, -0.2) is 48.7 Å². The number of hydrogen-bond acceptors (Lipinski definition) is 6. The van der Waals surface area contributed by atoms with Crippen molar-refractivity contribution in [1.82, 2.24) is 9.88 Å². The molecule has 1 atom stereocenters. The second kappa shape index (κ2) is 7.86. The third-order valence-electron chi connectivity index (χ3n) is 4.14. The molecule has 1 fully saturated rings. The molecule has 1 saturated heterocycles. The summed E-state index contributed by atoms with van der Waals surface area (Å²) < 4.78 is 53.3. The Kier molecular flexibility index (Phi) is 5.48. The topological polar surface area (TPSA) is 90.0 Å². The van der Waals surface area contributed by atoms with Crippen LogP contribution in [0.3, 0.4) is 0 Å². The van der Waals surface area contributed by atoms with Crippen LogP contribution in [0.2, 0.25) is 0 Å². The molecule has 1 aliphatic rings. The lowest BCUT2D eigenvalue weighted by Gasteiger charge is -2.17. The fraction of sp³-hybridized carbons (Fsp3) is 0.278. The first-order valence-electron chi connectivity index (χ1n) is 8.28. The number of methoxy groups -OCH3 is 1. The summed E-state index contributed by atoms with van der Waals surface area (Å²) in [5.41, 5.74) is -0.653. The van der Waals surface area contributed by atoms with Crippen molar-refractivity contribution in [3.63, 3.8) is 0 Å². The molecule has 29 heavy (non-hydrogen) atoms. The monoisotopic (exact) mass is 411 g/mol. The number of hydrogen-bond donors (Lipinski definition) is 1. The van der Waals surface area contributed by atoms with Gasteiger partial charge in [0, 0.05) is 25.4 Å². The van der Waals surface area contributed by atoms with Crippen LogP contribution in [0.25, 0.3) is 0 Å². The van der Waals surface area contributed by atoms with Crippen LogP contribution in [0, 0.1) is 0 Å². The number of rotatable bonds is 5. The Balaban J connectivity index is 1.76. The maximum absolute atomic E-state index is 12.6. The van der Waals surface area contributed by atoms with Crippen LogP contribution < -0.4 is 14.8 Å². The van der Waals surface area contributed by atoms with Crippen molar-refractivity contribution in [2.24, 2.45) is 0 Å². The molecule has 1 N–H and O–H groups in total. The lowest BCUT2D eigenvalue weighted by molar-refractivity contribution is -0.137. The van der Waals surface area contributed by atoms with Crippen molar-refractivity contribution >= 4 is 17.7 Å². The SMILES string of the molecule is COc1ccc(Oc2ccc(C(F)(F)F)cn2)cc1NC(=O)[C@H]1COC(=O)N1C. The zero-order valence-electron chi connectivity index (χ0n) is 15.3. The summed E-state index contributed by atoms with van der Waals surface area (Å²) in [6.07, 6.45) is -4.45. The molecule has 8 nitrogen and oxygen atoms in total. The minimum atomic E-state index is -4.50. The summed E-state index contributed by atoms with van der Waals surface area (Å²) in [6, 6.07) is 5.56. The van der Waals surface area contributed by atoms with E-state index in [9.17, 15) is 22.8 Å². The number of carbonyl (C=O) groups is 2. The molecule has 2 heterocycles. The van der Waals surface area contributed by atoms with Crippen LogP contribution in [-0.2, 0) is 15.7 Å². The lowest BCUT2D eigenvalue weighted by atomic mass is 10.2. The number of aromatic nitrogens is 1. The second-order valence-corrected chi connectivity index (χ2v) is 6.04. The maximum atomic E-state index is 12.6. The minimum Gasteiger partial charge on any atom is -0.495 e. The van der Waals surface area contributed by atoms with Gasteiger partial charge >= 0.3 is 12.3 Å². The van der Waals surface area contributed by atoms with Crippen molar-refractivity contribution in [2.45, 2.75) is 12.2 Å². The Bertz CT molecular complexity index is 918. The van der Waals surface area contributed by atoms with E-state index in [0.717, 1.165) is 17.0 Å². The zero-order chi connectivity index (χ0) is 21.2. The normalized spacial score (nSPS) is 16.4. The van der Waals surface area contributed by atoms with E-state index < -0.39 is 29.8 Å². The smallest absolute Gasteiger partial charge is 0.417 e. The highest BCUT2D eigenvalue weighted by atomic mass is 19.4. The summed E-state index contributed by atoms with van der Waals surface area (Å²) in [7, 11) is 2.84. The molecule has 11 heteroatoms. The Morgan fingerprint density at radius 1 is 1.31 bits per heavy atom. The number of carbonyl (C=O) groups excluding carboxylic acids is 2. The lowest BCUT2D eigenvalue weighted by Crippen LogP contribution is -2.40. The molecular formula is C18H16F3N3O5. The number of benzene rings is 1. The molecule has 3 rings (SSSR count). The van der Waals surface area contributed by atoms with E-state index in [0.29, 0.717) is 11.9 Å². The fourth-order valence-corrected chi connectivity index (χ4v) is 2.54. The van der Waals surface area contributed by atoms with Crippen LogP contribution in [0.4, 0.5) is 23.7 Å². The van der Waals surface area contributed by atoms with Gasteiger partial charge in [0.15, 0.2) is 0 Å². The molecule has 1 aliphatic heterocycles. The number of cyclic esters (lactones) is 1. The average Bonchev–Trinajstić information content (AvgIpc) is 3.00. The highest BCUT2D eigenvalue weighted by Gasteiger charge is 2.35. The molecule has 2 amide bonds. The number of alkyl halides is 3. The molecule has 0 spiro atoms. The van der Waals surface area contributed by atoms with E-state index in [1.54, 1.807) is 0 Å². The summed E-state index contributed by atoms with van der Waals surface area (Å²) >= 11 is 0. The van der Waals surface area contributed by atoms with Gasteiger partial charge in [-0.05, 0) is 18.2 Å². The van der Waals surface area contributed by atoms with E-state index in [1.807, 2.05) is 0 Å². The molecule has 0 unspecified atom stereocenters. The number of anilines is 1. The van der Waals surface area contributed by atoms with Gasteiger partial charge in [0.2, 0.25) is 5.88 Å². The second-order valence-electron chi connectivity index (χ2n) is 6.04. The maximum Gasteiger partial charge on any atom is 0.417 e. The summed E-state index contributed by atoms with van der Waals surface area (Å²) in [5.74, 6) is -0.0316. The number of halogens is 3. The summed E-state index contributed by atoms with van der Waals surface area (Å²) in [5, 5.41) is 2.62. The van der Waals surface area contributed by atoms with Gasteiger partial charge in [-0.3, -0.25) is 9.69 Å². The Labute approximate surface area is 163 Å². The molecule has 0 radical (unpaired) electrons. The number of likely N-dealkylation sites (N-methyl/N-ethyl adjacent to an activating group) is 1. The Hall–Kier alpha value is -3.50. The van der Waals surface area contributed by atoms with E-state index in [4.69, 9.17) is 14.2 Å². The number of nitrogens with zero attached hydrogens (tertiary/aromatic N) is 2. The highest BCUT2D eigenvalue weighted by Crippen LogP contribution is 2.33. The third kappa shape index (κ3) is 4.50. The molecule has 0 saturated carbocycles. The number of ether oxygens (including phenoxy) is 3. The standard InChI is InChI=1S/C18H16F3N3O5/c1-24-13(9-28-17(24)26)16(25)23-12-7-11(4-5-14(12)27-2)29-15-6-3-10(8-22-15)18(19,20)21/h3-8,13H,9H2,1-2H3,(H,23,25)/t13-/m1/s1. The van der Waals surface area contributed by atoms with Gasteiger partial charge in [-0.15, -0.1) is 0 Å². The van der Waals surface area contributed by atoms with Crippen LogP contribution >= 0.6 is 0 Å². The van der Waals surface area contributed by atoms with Crippen LogP contribution in [0.1, 0.15) is 5.56 Å². The first-order chi connectivity index (χ1) is 13.7. The van der Waals surface area contributed by atoms with Crippen LogP contribution in [0.15, 0.2) is 36.5 Å². The van der Waals surface area contributed by atoms with E-state index in [2.05, 4.69) is 10.3 Å². The molecule has 1 aromatic carbocycles. The predicted octanol–water partition coefficient (Wildman–Crippen LogP) is 3.29. The molecule has 0 aliphatic carbocycles. The molecule has 2 aromatic rings. The third-order valence-corrected chi connectivity index (χ3v) is 4.14. The first-order valence-corrected chi connectivity index (χ1v) is 8.28. The minimum absolute atomic E-state index is 0.0602. The fourth-order valence-electron chi connectivity index (χ4n) is 2.54. The van der Waals surface area contributed by atoms with Gasteiger partial charge in [-0.25, -0.2) is 9.78 Å². The van der Waals surface area contributed by atoms with Gasteiger partial charge in [0.25, 0.3) is 5.91 Å². The quantitative estimate of drug-likeness (QED) is 0.812. The summed E-state index contributed by atoms with van der Waals surface area (Å²) in [4.78, 5) is 28.6. The van der Waals surface area contributed by atoms with Crippen molar-refractivity contribution in [2.75, 3.05) is 26.1 Å². The average molecular weight is 411 g/mol. The first kappa shape index (κ1) is 20.2. The molecule has 1 aromatic heterocycles. The predicted molar refractivity (Wildman–Crippen MR) is 93.8 cm³/mol. The van der Waals surface area contributed by atoms with E-state index in [1.165, 1.54) is 32.4 Å². The number of nitrogens with one attached hydrogen (secondary N) is 1. The molecule has 0 bridgehead atoms. The molecular weight excluding hydrogens is 395 g/mol. The Morgan fingerprint density at radius 2 is 2.07 bits per heavy atom. The van der Waals surface area contributed by atoms with Crippen molar-refractivity contribution in [3.05, 3.63) is 42.1 Å². The molecule has 154 valence electrons. The van der Waals surface area contributed by atoms with Crippen LogP contribution in [0.5, 0.6) is 17.4 Å². The van der Waals surface area contributed by atoms with Crippen molar-refractivity contribution < 1.29 is 37.0 Å². The van der Waals surface area contributed by atoms with E-state index in [-0.39, 0.29) is 23.9 Å². The van der Waals surface area contributed by atoms with Gasteiger partial charge in [-0.2, -0.15) is 13.2 Å². The van der Waals surface area contributed by atoms with Gasteiger partial charge in [0.05, 0.1) is 18.4 Å². The van der Waals surface area contributed by atoms with Gasteiger partial charge < -0.3 is 19.5 Å². The number of amides is 2. The summed E-state index contributed by atoms with van der Waals surface area (Å²) in [6.45, 7) is -0.0881. The highest BCUT2D eigenvalue weighted by molar-refractivity contribution is 5.98. The van der Waals surface area contributed by atoms with Crippen molar-refractivity contribution in [1.29, 1.82) is 0 Å². The van der Waals surface area contributed by atoms with Gasteiger partial charge in [0.1, 0.15) is 24.1 Å². The zero-order valence-corrected chi connectivity index (χ0v) is 15.3. The Morgan fingerprint density at radius 3 is 2.62 bits per heavy atom. The van der Waals surface area contributed by atoms with Crippen molar-refractivity contribution in [3.8, 4) is 17.4 Å². The van der Waals surface area contributed by atoms with Gasteiger partial charge in [-0.1, -0.05) is 0 Å². The van der Waals surface area contributed by atoms with E-state index >= 15 is 0 Å².